The molecule has 3 heterocycles. The lowest BCUT2D eigenvalue weighted by Crippen LogP contribution is -2.23. The van der Waals surface area contributed by atoms with Crippen LogP contribution in [0.2, 0.25) is 0 Å². The third-order valence-corrected chi connectivity index (χ3v) is 4.99. The van der Waals surface area contributed by atoms with Crippen molar-refractivity contribution >= 4 is 22.8 Å². The number of hydrogen-bond donors (Lipinski definition) is 1. The van der Waals surface area contributed by atoms with Crippen LogP contribution in [0.25, 0.3) is 5.70 Å². The number of rotatable bonds is 2. The quantitative estimate of drug-likeness (QED) is 0.683. The standard InChI is InChI=1S/C17H15NO3S/c1-10-3-5-22-17(10)14(19)8-13-12-7-16-15(20-9-21-16)6-11(12)2-4-18-13/h3,5-8,18H,2,4,9H2,1H3. The van der Waals surface area contributed by atoms with Gasteiger partial charge in [-0.15, -0.1) is 11.3 Å². The normalized spacial score (nSPS) is 17.2. The molecule has 0 saturated heterocycles. The van der Waals surface area contributed by atoms with E-state index in [0.717, 1.165) is 46.2 Å². The van der Waals surface area contributed by atoms with Crippen LogP contribution in [0.5, 0.6) is 11.5 Å². The highest BCUT2D eigenvalue weighted by molar-refractivity contribution is 7.12. The second-order valence-electron chi connectivity index (χ2n) is 5.39. The Bertz CT molecular complexity index is 791. The first kappa shape index (κ1) is 13.4. The number of fused-ring (bicyclic) bond motifs is 2. The summed E-state index contributed by atoms with van der Waals surface area (Å²) in [7, 11) is 0. The monoisotopic (exact) mass is 313 g/mol. The maximum atomic E-state index is 12.5. The summed E-state index contributed by atoms with van der Waals surface area (Å²) in [6, 6.07) is 5.95. The van der Waals surface area contributed by atoms with Crippen LogP contribution in [0.4, 0.5) is 0 Å². The number of hydrogen-bond acceptors (Lipinski definition) is 5. The Kier molecular flexibility index (Phi) is 3.15. The van der Waals surface area contributed by atoms with Crippen LogP contribution in [0.15, 0.2) is 29.7 Å². The molecule has 0 atom stereocenters. The summed E-state index contributed by atoms with van der Waals surface area (Å²) in [6.07, 6.45) is 2.61. The van der Waals surface area contributed by atoms with Crippen LogP contribution in [-0.4, -0.2) is 19.1 Å². The van der Waals surface area contributed by atoms with E-state index in [2.05, 4.69) is 5.32 Å². The lowest BCUT2D eigenvalue weighted by molar-refractivity contribution is 0.105. The van der Waals surface area contributed by atoms with Crippen molar-refractivity contribution in [3.05, 3.63) is 51.2 Å². The molecule has 0 saturated carbocycles. The number of thiophene rings is 1. The second kappa shape index (κ2) is 5.18. The molecule has 0 spiro atoms. The lowest BCUT2D eigenvalue weighted by atomic mass is 9.96. The average molecular weight is 313 g/mol. The van der Waals surface area contributed by atoms with Gasteiger partial charge in [0.15, 0.2) is 17.3 Å². The fraction of sp³-hybridized carbons (Fsp3) is 0.235. The first-order valence-corrected chi connectivity index (χ1v) is 8.07. The third-order valence-electron chi connectivity index (χ3n) is 3.96. The van der Waals surface area contributed by atoms with E-state index in [0.29, 0.717) is 0 Å². The van der Waals surface area contributed by atoms with Gasteiger partial charge in [-0.25, -0.2) is 0 Å². The maximum absolute atomic E-state index is 12.5. The minimum Gasteiger partial charge on any atom is -0.454 e. The molecule has 0 radical (unpaired) electrons. The fourth-order valence-electron chi connectivity index (χ4n) is 2.82. The average Bonchev–Trinajstić information content (AvgIpc) is 3.13. The van der Waals surface area contributed by atoms with Crippen LogP contribution >= 0.6 is 11.3 Å². The number of carbonyl (C=O) groups excluding carboxylic acids is 1. The van der Waals surface area contributed by atoms with E-state index in [9.17, 15) is 4.79 Å². The molecular formula is C17H15NO3S. The van der Waals surface area contributed by atoms with Crippen molar-refractivity contribution in [2.45, 2.75) is 13.3 Å². The molecule has 1 N–H and O–H groups in total. The summed E-state index contributed by atoms with van der Waals surface area (Å²) in [5, 5.41) is 5.27. The molecule has 0 amide bonds. The number of nitrogens with one attached hydrogen (secondary N) is 1. The topological polar surface area (TPSA) is 47.6 Å². The van der Waals surface area contributed by atoms with Crippen LogP contribution in [-0.2, 0) is 6.42 Å². The van der Waals surface area contributed by atoms with Crippen LogP contribution in [0, 0.1) is 6.92 Å². The van der Waals surface area contributed by atoms with Crippen molar-refractivity contribution in [2.75, 3.05) is 13.3 Å². The third kappa shape index (κ3) is 2.18. The molecule has 4 rings (SSSR count). The maximum Gasteiger partial charge on any atom is 0.231 e. The predicted octanol–water partition coefficient (Wildman–Crippen LogP) is 3.15. The van der Waals surface area contributed by atoms with Crippen molar-refractivity contribution in [1.29, 1.82) is 0 Å². The molecule has 2 aliphatic rings. The largest absolute Gasteiger partial charge is 0.454 e. The summed E-state index contributed by atoms with van der Waals surface area (Å²) < 4.78 is 10.9. The highest BCUT2D eigenvalue weighted by atomic mass is 32.1. The zero-order valence-corrected chi connectivity index (χ0v) is 13.0. The number of allylic oxidation sites excluding steroid dienone is 1. The van der Waals surface area contributed by atoms with Gasteiger partial charge in [0.2, 0.25) is 6.79 Å². The van der Waals surface area contributed by atoms with Gasteiger partial charge < -0.3 is 14.8 Å². The van der Waals surface area contributed by atoms with Gasteiger partial charge in [-0.1, -0.05) is 0 Å². The molecule has 112 valence electrons. The van der Waals surface area contributed by atoms with Gasteiger partial charge in [-0.2, -0.15) is 0 Å². The van der Waals surface area contributed by atoms with E-state index < -0.39 is 0 Å². The van der Waals surface area contributed by atoms with Crippen molar-refractivity contribution < 1.29 is 14.3 Å². The van der Waals surface area contributed by atoms with Gasteiger partial charge in [0.05, 0.1) is 4.88 Å². The molecule has 5 heteroatoms. The molecule has 0 bridgehead atoms. The SMILES string of the molecule is Cc1ccsc1C(=O)C=C1NCCc2cc3c(cc21)OCO3. The molecular weight excluding hydrogens is 298 g/mol. The van der Waals surface area contributed by atoms with Gasteiger partial charge >= 0.3 is 0 Å². The fourth-order valence-corrected chi connectivity index (χ4v) is 3.66. The summed E-state index contributed by atoms with van der Waals surface area (Å²) in [5.74, 6) is 1.58. The zero-order chi connectivity index (χ0) is 15.1. The van der Waals surface area contributed by atoms with Gasteiger partial charge in [-0.05, 0) is 48.1 Å². The van der Waals surface area contributed by atoms with Gasteiger partial charge in [0.25, 0.3) is 0 Å². The number of ether oxygens (including phenoxy) is 2. The molecule has 0 unspecified atom stereocenters. The Morgan fingerprint density at radius 2 is 2.14 bits per heavy atom. The van der Waals surface area contributed by atoms with E-state index in [1.54, 1.807) is 6.08 Å². The highest BCUT2D eigenvalue weighted by Gasteiger charge is 2.22. The molecule has 1 aromatic heterocycles. The smallest absolute Gasteiger partial charge is 0.231 e. The molecule has 2 aliphatic heterocycles. The number of ketones is 1. The first-order chi connectivity index (χ1) is 10.7. The van der Waals surface area contributed by atoms with E-state index in [4.69, 9.17) is 9.47 Å². The Morgan fingerprint density at radius 3 is 2.91 bits per heavy atom. The van der Waals surface area contributed by atoms with Crippen molar-refractivity contribution in [3.63, 3.8) is 0 Å². The molecule has 0 fully saturated rings. The number of carbonyl (C=O) groups is 1. The van der Waals surface area contributed by atoms with E-state index in [-0.39, 0.29) is 12.6 Å². The summed E-state index contributed by atoms with van der Waals surface area (Å²) in [4.78, 5) is 13.3. The Hall–Kier alpha value is -2.27. The molecule has 2 aromatic rings. The van der Waals surface area contributed by atoms with Crippen LogP contribution in [0.3, 0.4) is 0 Å². The minimum absolute atomic E-state index is 0.0421. The number of aryl methyl sites for hydroxylation is 1. The van der Waals surface area contributed by atoms with Crippen LogP contribution in [0.1, 0.15) is 26.4 Å². The lowest BCUT2D eigenvalue weighted by Gasteiger charge is -2.21. The molecule has 4 nitrogen and oxygen atoms in total. The minimum atomic E-state index is 0.0421. The van der Waals surface area contributed by atoms with Crippen molar-refractivity contribution in [3.8, 4) is 11.5 Å². The highest BCUT2D eigenvalue weighted by Crippen LogP contribution is 2.38. The molecule has 22 heavy (non-hydrogen) atoms. The van der Waals surface area contributed by atoms with E-state index >= 15 is 0 Å². The summed E-state index contributed by atoms with van der Waals surface area (Å²) in [5.41, 5.74) is 4.09. The van der Waals surface area contributed by atoms with Gasteiger partial charge in [-0.3, -0.25) is 4.79 Å². The van der Waals surface area contributed by atoms with Crippen LogP contribution < -0.4 is 14.8 Å². The zero-order valence-electron chi connectivity index (χ0n) is 12.1. The first-order valence-electron chi connectivity index (χ1n) is 7.19. The van der Waals surface area contributed by atoms with E-state index in [1.165, 1.54) is 16.9 Å². The summed E-state index contributed by atoms with van der Waals surface area (Å²) >= 11 is 1.48. The van der Waals surface area contributed by atoms with Gasteiger partial charge in [0, 0.05) is 23.9 Å². The Balaban J connectivity index is 1.74. The number of benzene rings is 1. The van der Waals surface area contributed by atoms with Crippen molar-refractivity contribution in [2.24, 2.45) is 0 Å². The molecule has 0 aliphatic carbocycles. The Morgan fingerprint density at radius 1 is 1.32 bits per heavy atom. The second-order valence-corrected chi connectivity index (χ2v) is 6.31. The molecule has 1 aromatic carbocycles. The van der Waals surface area contributed by atoms with E-state index in [1.807, 2.05) is 30.5 Å². The van der Waals surface area contributed by atoms with Crippen molar-refractivity contribution in [1.82, 2.24) is 5.32 Å². The Labute approximate surface area is 132 Å². The van der Waals surface area contributed by atoms with Gasteiger partial charge in [0.1, 0.15) is 0 Å². The predicted molar refractivity (Wildman–Crippen MR) is 85.6 cm³/mol. The summed E-state index contributed by atoms with van der Waals surface area (Å²) in [6.45, 7) is 3.04.